The standard InChI is InChI=1S/C17H26Ge/c1-12-13(2)18(6,7)16-9-8-14(10-15(12)16)11-17(3,4)5/h8-10H,11H2,1-7H3. The summed E-state index contributed by atoms with van der Waals surface area (Å²) in [6.45, 7) is 11.6. The van der Waals surface area contributed by atoms with Gasteiger partial charge in [-0.05, 0) is 0 Å². The summed E-state index contributed by atoms with van der Waals surface area (Å²) in [5.74, 6) is 5.04. The van der Waals surface area contributed by atoms with E-state index in [2.05, 4.69) is 64.3 Å². The maximum atomic E-state index is 2.52. The van der Waals surface area contributed by atoms with Gasteiger partial charge in [-0.25, -0.2) is 0 Å². The third kappa shape index (κ3) is 2.32. The Labute approximate surface area is 115 Å². The van der Waals surface area contributed by atoms with Gasteiger partial charge in [0.05, 0.1) is 0 Å². The Morgan fingerprint density at radius 2 is 1.67 bits per heavy atom. The summed E-state index contributed by atoms with van der Waals surface area (Å²) in [5.41, 5.74) is 4.98. The number of allylic oxidation sites excluding steroid dienone is 2. The van der Waals surface area contributed by atoms with E-state index in [0.717, 1.165) is 0 Å². The molecule has 1 aromatic rings. The quantitative estimate of drug-likeness (QED) is 0.668. The van der Waals surface area contributed by atoms with Gasteiger partial charge in [0, 0.05) is 0 Å². The zero-order valence-corrected chi connectivity index (χ0v) is 15.0. The molecule has 1 aliphatic rings. The summed E-state index contributed by atoms with van der Waals surface area (Å²) in [6.07, 6.45) is 1.17. The minimum atomic E-state index is -1.87. The first-order valence-electron chi connectivity index (χ1n) is 6.95. The van der Waals surface area contributed by atoms with Gasteiger partial charge in [0.25, 0.3) is 0 Å². The van der Waals surface area contributed by atoms with Gasteiger partial charge in [0.2, 0.25) is 0 Å². The minimum absolute atomic E-state index is 0.371. The molecule has 0 saturated carbocycles. The maximum absolute atomic E-state index is 2.52. The molecule has 0 bridgehead atoms. The number of hydrogen-bond donors (Lipinski definition) is 0. The molecule has 18 heavy (non-hydrogen) atoms. The van der Waals surface area contributed by atoms with Crippen LogP contribution >= 0.6 is 0 Å². The van der Waals surface area contributed by atoms with Crippen LogP contribution in [0.3, 0.4) is 0 Å². The molecular formula is C17H26Ge. The van der Waals surface area contributed by atoms with Crippen molar-refractivity contribution in [3.63, 3.8) is 0 Å². The SMILES string of the molecule is CC1=[C](C)[Ge]([CH3])([CH3])[c]2ccc(CC(C)(C)C)cc21. The molecule has 0 atom stereocenters. The normalized spacial score (nSPS) is 18.2. The van der Waals surface area contributed by atoms with Crippen LogP contribution in [0.15, 0.2) is 22.6 Å². The average molecular weight is 303 g/mol. The van der Waals surface area contributed by atoms with E-state index >= 15 is 0 Å². The molecule has 0 N–H and O–H groups in total. The van der Waals surface area contributed by atoms with Gasteiger partial charge in [-0.1, -0.05) is 0 Å². The van der Waals surface area contributed by atoms with Crippen molar-refractivity contribution in [2.24, 2.45) is 5.41 Å². The molecule has 0 unspecified atom stereocenters. The first kappa shape index (κ1) is 13.9. The van der Waals surface area contributed by atoms with Crippen LogP contribution in [0.25, 0.3) is 5.57 Å². The molecule has 0 amide bonds. The second kappa shape index (κ2) is 4.26. The van der Waals surface area contributed by atoms with Crippen molar-refractivity contribution < 1.29 is 0 Å². The zero-order valence-electron chi connectivity index (χ0n) is 12.9. The van der Waals surface area contributed by atoms with Gasteiger partial charge < -0.3 is 0 Å². The van der Waals surface area contributed by atoms with Crippen molar-refractivity contribution >= 4 is 23.2 Å². The molecule has 0 radical (unpaired) electrons. The topological polar surface area (TPSA) is 0 Å². The molecule has 1 aliphatic heterocycles. The van der Waals surface area contributed by atoms with Gasteiger partial charge >= 0.3 is 115 Å². The van der Waals surface area contributed by atoms with Gasteiger partial charge in [-0.15, -0.1) is 0 Å². The Kier molecular flexibility index (Phi) is 3.30. The van der Waals surface area contributed by atoms with E-state index in [1.54, 1.807) is 19.9 Å². The monoisotopic (exact) mass is 304 g/mol. The first-order chi connectivity index (χ1) is 8.13. The third-order valence-corrected chi connectivity index (χ3v) is 12.9. The van der Waals surface area contributed by atoms with Crippen LogP contribution in [-0.4, -0.2) is 13.3 Å². The van der Waals surface area contributed by atoms with Crippen LogP contribution in [0.4, 0.5) is 0 Å². The van der Waals surface area contributed by atoms with Crippen molar-refractivity contribution in [2.45, 2.75) is 52.6 Å². The van der Waals surface area contributed by atoms with Crippen LogP contribution in [0, 0.1) is 5.41 Å². The van der Waals surface area contributed by atoms with Gasteiger partial charge in [-0.3, -0.25) is 0 Å². The first-order valence-corrected chi connectivity index (χ1v) is 13.2. The molecule has 0 spiro atoms. The van der Waals surface area contributed by atoms with Crippen LogP contribution < -0.4 is 4.40 Å². The molecule has 0 fully saturated rings. The molecule has 2 rings (SSSR count). The Morgan fingerprint density at radius 1 is 1.06 bits per heavy atom. The molecule has 0 aromatic heterocycles. The summed E-state index contributed by atoms with van der Waals surface area (Å²) in [7, 11) is 0. The van der Waals surface area contributed by atoms with Crippen LogP contribution in [0.2, 0.25) is 11.5 Å². The van der Waals surface area contributed by atoms with Crippen LogP contribution in [0.5, 0.6) is 0 Å². The molecule has 1 aromatic carbocycles. The van der Waals surface area contributed by atoms with E-state index in [1.807, 2.05) is 0 Å². The summed E-state index contributed by atoms with van der Waals surface area (Å²) >= 11 is -1.87. The van der Waals surface area contributed by atoms with E-state index in [9.17, 15) is 0 Å². The second-order valence-electron chi connectivity index (χ2n) is 7.49. The van der Waals surface area contributed by atoms with E-state index in [0.29, 0.717) is 5.41 Å². The van der Waals surface area contributed by atoms with Crippen molar-refractivity contribution in [3.05, 3.63) is 33.7 Å². The molecule has 0 saturated heterocycles. The number of benzene rings is 1. The van der Waals surface area contributed by atoms with E-state index in [1.165, 1.54) is 12.0 Å². The predicted molar refractivity (Wildman–Crippen MR) is 85.0 cm³/mol. The molecular weight excluding hydrogens is 277 g/mol. The fraction of sp³-hybridized carbons (Fsp3) is 0.529. The molecule has 1 heterocycles. The van der Waals surface area contributed by atoms with Gasteiger partial charge in [0.15, 0.2) is 0 Å². The Morgan fingerprint density at radius 3 is 2.22 bits per heavy atom. The van der Waals surface area contributed by atoms with E-state index < -0.39 is 13.3 Å². The number of rotatable bonds is 1. The van der Waals surface area contributed by atoms with E-state index in [4.69, 9.17) is 0 Å². The molecule has 1 heteroatoms. The molecule has 0 nitrogen and oxygen atoms in total. The molecule has 98 valence electrons. The third-order valence-electron chi connectivity index (χ3n) is 4.40. The van der Waals surface area contributed by atoms with Crippen molar-refractivity contribution in [3.8, 4) is 0 Å². The zero-order chi connectivity index (χ0) is 13.7. The number of hydrogen-bond acceptors (Lipinski definition) is 0. The summed E-state index contributed by atoms with van der Waals surface area (Å²) in [5, 5.41) is 0. The Hall–Kier alpha value is -0.497. The van der Waals surface area contributed by atoms with Crippen molar-refractivity contribution in [1.82, 2.24) is 0 Å². The molecule has 0 aliphatic carbocycles. The van der Waals surface area contributed by atoms with Crippen LogP contribution in [-0.2, 0) is 6.42 Å². The fourth-order valence-electron chi connectivity index (χ4n) is 3.04. The fourth-order valence-corrected chi connectivity index (χ4v) is 9.15. The summed E-state index contributed by atoms with van der Waals surface area (Å²) in [6, 6.07) is 7.25. The second-order valence-corrected chi connectivity index (χ2v) is 17.0. The number of fused-ring (bicyclic) bond motifs is 1. The van der Waals surface area contributed by atoms with E-state index in [-0.39, 0.29) is 0 Å². The summed E-state index contributed by atoms with van der Waals surface area (Å²) < 4.78 is 3.39. The Balaban J connectivity index is 2.47. The van der Waals surface area contributed by atoms with Gasteiger partial charge in [0.1, 0.15) is 0 Å². The average Bonchev–Trinajstić information content (AvgIpc) is 2.38. The van der Waals surface area contributed by atoms with Crippen molar-refractivity contribution in [1.29, 1.82) is 0 Å². The summed E-state index contributed by atoms with van der Waals surface area (Å²) in [4.78, 5) is 0. The predicted octanol–water partition coefficient (Wildman–Crippen LogP) is 4.54. The van der Waals surface area contributed by atoms with Crippen molar-refractivity contribution in [2.75, 3.05) is 0 Å². The van der Waals surface area contributed by atoms with Gasteiger partial charge in [-0.2, -0.15) is 0 Å². The van der Waals surface area contributed by atoms with Crippen LogP contribution in [0.1, 0.15) is 45.7 Å². The Bertz CT molecular complexity index is 513.